The minimum atomic E-state index is -0.0688. The average Bonchev–Trinajstić information content (AvgIpc) is 2.41. The van der Waals surface area contributed by atoms with Crippen LogP contribution in [0.5, 0.6) is 5.75 Å². The summed E-state index contributed by atoms with van der Waals surface area (Å²) in [5.74, 6) is 0.0354. The van der Waals surface area contributed by atoms with Crippen LogP contribution in [-0.4, -0.2) is 41.8 Å². The third-order valence-corrected chi connectivity index (χ3v) is 3.07. The number of ketones is 1. The van der Waals surface area contributed by atoms with Gasteiger partial charge in [-0.15, -0.1) is 0 Å². The van der Waals surface area contributed by atoms with E-state index in [0.29, 0.717) is 17.7 Å². The molecule has 1 amide bonds. The molecule has 0 aliphatic carbocycles. The molecule has 1 aromatic rings. The van der Waals surface area contributed by atoms with Crippen molar-refractivity contribution in [2.24, 2.45) is 0 Å². The maximum atomic E-state index is 11.5. The molecular formula is C15H22N2O3. The molecule has 0 radical (unpaired) electrons. The van der Waals surface area contributed by atoms with Gasteiger partial charge in [0.2, 0.25) is 5.91 Å². The number of amides is 1. The van der Waals surface area contributed by atoms with Crippen molar-refractivity contribution >= 4 is 11.7 Å². The van der Waals surface area contributed by atoms with Crippen LogP contribution in [0.25, 0.3) is 0 Å². The highest BCUT2D eigenvalue weighted by Gasteiger charge is 2.13. The van der Waals surface area contributed by atoms with Crippen LogP contribution in [0, 0.1) is 0 Å². The number of hydrogen-bond donors (Lipinski definition) is 2. The fourth-order valence-electron chi connectivity index (χ4n) is 1.98. The summed E-state index contributed by atoms with van der Waals surface area (Å²) in [6.45, 7) is 4.98. The van der Waals surface area contributed by atoms with Gasteiger partial charge in [-0.25, -0.2) is 0 Å². The molecule has 0 saturated heterocycles. The van der Waals surface area contributed by atoms with Crippen molar-refractivity contribution in [2.75, 3.05) is 20.1 Å². The van der Waals surface area contributed by atoms with Gasteiger partial charge in [-0.3, -0.25) is 14.5 Å². The van der Waals surface area contributed by atoms with Gasteiger partial charge in [0.05, 0.1) is 6.54 Å². The van der Waals surface area contributed by atoms with E-state index in [4.69, 9.17) is 0 Å². The van der Waals surface area contributed by atoms with Gasteiger partial charge >= 0.3 is 0 Å². The molecule has 5 nitrogen and oxygen atoms in total. The number of hydrogen-bond acceptors (Lipinski definition) is 4. The quantitative estimate of drug-likeness (QED) is 0.743. The highest BCUT2D eigenvalue weighted by atomic mass is 16.3. The summed E-state index contributed by atoms with van der Waals surface area (Å²) in [6.07, 6.45) is 0.907. The first-order valence-corrected chi connectivity index (χ1v) is 6.73. The number of likely N-dealkylation sites (N-methyl/N-ethyl adjacent to an activating group) is 1. The van der Waals surface area contributed by atoms with Gasteiger partial charge < -0.3 is 10.4 Å². The van der Waals surface area contributed by atoms with Crippen LogP contribution in [0.2, 0.25) is 0 Å². The van der Waals surface area contributed by atoms with Crippen molar-refractivity contribution in [2.45, 2.75) is 26.8 Å². The summed E-state index contributed by atoms with van der Waals surface area (Å²) in [5, 5.41) is 12.5. The second kappa shape index (κ2) is 7.65. The first-order chi connectivity index (χ1) is 9.47. The summed E-state index contributed by atoms with van der Waals surface area (Å²) in [6, 6.07) is 4.81. The fraction of sp³-hybridized carbons (Fsp3) is 0.467. The molecule has 2 N–H and O–H groups in total. The van der Waals surface area contributed by atoms with Crippen LogP contribution in [0.15, 0.2) is 18.2 Å². The zero-order valence-electron chi connectivity index (χ0n) is 12.3. The molecule has 110 valence electrons. The van der Waals surface area contributed by atoms with E-state index in [9.17, 15) is 14.7 Å². The third-order valence-electron chi connectivity index (χ3n) is 3.07. The molecule has 0 aliphatic rings. The van der Waals surface area contributed by atoms with E-state index < -0.39 is 0 Å². The van der Waals surface area contributed by atoms with E-state index in [2.05, 4.69) is 5.32 Å². The van der Waals surface area contributed by atoms with Crippen LogP contribution in [0.1, 0.15) is 36.2 Å². The number of Topliss-reactive ketones (excluding diaryl/α,β-unsaturated/α-hetero) is 1. The Morgan fingerprint density at radius 3 is 2.60 bits per heavy atom. The molecule has 0 unspecified atom stereocenters. The summed E-state index contributed by atoms with van der Waals surface area (Å²) in [7, 11) is 1.60. The second-order valence-corrected chi connectivity index (χ2v) is 4.78. The number of phenols is 1. The number of aromatic hydroxyl groups is 1. The Morgan fingerprint density at radius 2 is 2.05 bits per heavy atom. The van der Waals surface area contributed by atoms with Crippen LogP contribution in [0.3, 0.4) is 0 Å². The SMILES string of the molecule is CCCN(CC(=O)NC)Cc1cc(C(C)=O)ccc1O. The second-order valence-electron chi connectivity index (χ2n) is 4.78. The first-order valence-electron chi connectivity index (χ1n) is 6.73. The molecule has 0 saturated carbocycles. The molecule has 1 rings (SSSR count). The van der Waals surface area contributed by atoms with Gasteiger partial charge in [-0.2, -0.15) is 0 Å². The van der Waals surface area contributed by atoms with E-state index >= 15 is 0 Å². The van der Waals surface area contributed by atoms with E-state index in [1.807, 2.05) is 11.8 Å². The van der Waals surface area contributed by atoms with Crippen LogP contribution in [0.4, 0.5) is 0 Å². The lowest BCUT2D eigenvalue weighted by atomic mass is 10.1. The molecule has 0 aromatic heterocycles. The normalized spacial score (nSPS) is 10.6. The molecule has 0 fully saturated rings. The van der Waals surface area contributed by atoms with Gasteiger partial charge in [0.15, 0.2) is 5.78 Å². The summed E-state index contributed by atoms with van der Waals surface area (Å²) < 4.78 is 0. The molecular weight excluding hydrogens is 256 g/mol. The number of phenolic OH excluding ortho intramolecular Hbond substituents is 1. The predicted octanol–water partition coefficient (Wildman–Crippen LogP) is 1.55. The Morgan fingerprint density at radius 1 is 1.35 bits per heavy atom. The van der Waals surface area contributed by atoms with E-state index in [0.717, 1.165) is 13.0 Å². The monoisotopic (exact) mass is 278 g/mol. The average molecular weight is 278 g/mol. The van der Waals surface area contributed by atoms with Gasteiger partial charge in [0.25, 0.3) is 0 Å². The standard InChI is InChI=1S/C15H22N2O3/c1-4-7-17(10-15(20)16-3)9-13-8-12(11(2)18)5-6-14(13)19/h5-6,8,19H,4,7,9-10H2,1-3H3,(H,16,20). The fourth-order valence-corrected chi connectivity index (χ4v) is 1.98. The maximum absolute atomic E-state index is 11.5. The maximum Gasteiger partial charge on any atom is 0.233 e. The number of carbonyl (C=O) groups is 2. The molecule has 0 heterocycles. The minimum Gasteiger partial charge on any atom is -0.508 e. The molecule has 0 atom stereocenters. The zero-order chi connectivity index (χ0) is 15.1. The Hall–Kier alpha value is -1.88. The van der Waals surface area contributed by atoms with Crippen molar-refractivity contribution in [3.8, 4) is 5.75 Å². The molecule has 0 bridgehead atoms. The zero-order valence-corrected chi connectivity index (χ0v) is 12.3. The lowest BCUT2D eigenvalue weighted by molar-refractivity contribution is -0.121. The predicted molar refractivity (Wildman–Crippen MR) is 77.7 cm³/mol. The summed E-state index contributed by atoms with van der Waals surface area (Å²) in [5.41, 5.74) is 1.23. The van der Waals surface area contributed by atoms with E-state index in [1.54, 1.807) is 19.2 Å². The topological polar surface area (TPSA) is 69.6 Å². The molecule has 20 heavy (non-hydrogen) atoms. The Labute approximate surface area is 119 Å². The van der Waals surface area contributed by atoms with E-state index in [-0.39, 0.29) is 24.0 Å². The lowest BCUT2D eigenvalue weighted by Gasteiger charge is -2.21. The number of carbonyl (C=O) groups excluding carboxylic acids is 2. The number of benzene rings is 1. The smallest absolute Gasteiger partial charge is 0.233 e. The van der Waals surface area contributed by atoms with Gasteiger partial charge in [0.1, 0.15) is 5.75 Å². The van der Waals surface area contributed by atoms with Crippen molar-refractivity contribution < 1.29 is 14.7 Å². The molecule has 5 heteroatoms. The number of nitrogens with one attached hydrogen (secondary N) is 1. The largest absolute Gasteiger partial charge is 0.508 e. The Balaban J connectivity index is 2.89. The van der Waals surface area contributed by atoms with Crippen molar-refractivity contribution in [1.82, 2.24) is 10.2 Å². The van der Waals surface area contributed by atoms with E-state index in [1.165, 1.54) is 13.0 Å². The van der Waals surface area contributed by atoms with Crippen molar-refractivity contribution in [3.63, 3.8) is 0 Å². The van der Waals surface area contributed by atoms with Gasteiger partial charge in [-0.1, -0.05) is 6.92 Å². The number of rotatable bonds is 7. The molecule has 0 aliphatic heterocycles. The Bertz CT molecular complexity index is 486. The molecule has 0 spiro atoms. The summed E-state index contributed by atoms with van der Waals surface area (Å²) in [4.78, 5) is 24.8. The van der Waals surface area contributed by atoms with Gasteiger partial charge in [0, 0.05) is 24.7 Å². The van der Waals surface area contributed by atoms with Gasteiger partial charge in [-0.05, 0) is 38.1 Å². The lowest BCUT2D eigenvalue weighted by Crippen LogP contribution is -2.35. The minimum absolute atomic E-state index is 0.0420. The van der Waals surface area contributed by atoms with Crippen LogP contribution >= 0.6 is 0 Å². The van der Waals surface area contributed by atoms with Crippen molar-refractivity contribution in [3.05, 3.63) is 29.3 Å². The third kappa shape index (κ3) is 4.66. The first kappa shape index (κ1) is 16.2. The van der Waals surface area contributed by atoms with Crippen molar-refractivity contribution in [1.29, 1.82) is 0 Å². The Kier molecular flexibility index (Phi) is 6.18. The molecule has 1 aromatic carbocycles. The number of nitrogens with zero attached hydrogens (tertiary/aromatic N) is 1. The highest BCUT2D eigenvalue weighted by Crippen LogP contribution is 2.20. The summed E-state index contributed by atoms with van der Waals surface area (Å²) >= 11 is 0. The van der Waals surface area contributed by atoms with Crippen LogP contribution in [-0.2, 0) is 11.3 Å². The van der Waals surface area contributed by atoms with Crippen LogP contribution < -0.4 is 5.32 Å². The highest BCUT2D eigenvalue weighted by molar-refractivity contribution is 5.94.